The first-order valence-electron chi connectivity index (χ1n) is 7.22. The van der Waals surface area contributed by atoms with Crippen molar-refractivity contribution in [1.82, 2.24) is 0 Å². The lowest BCUT2D eigenvalue weighted by atomic mass is 10.1. The smallest absolute Gasteiger partial charge is 0.347 e. The minimum absolute atomic E-state index is 0.309. The number of carbonyl (C=O) groups is 1. The second kappa shape index (κ2) is 8.52. The Morgan fingerprint density at radius 1 is 1.33 bits per heavy atom. The van der Waals surface area contributed by atoms with Crippen LogP contribution in [0.2, 0.25) is 0 Å². The van der Waals surface area contributed by atoms with Crippen LogP contribution in [0.5, 0.6) is 11.5 Å². The summed E-state index contributed by atoms with van der Waals surface area (Å²) in [5.74, 6) is 0.656. The third-order valence-corrected chi connectivity index (χ3v) is 3.04. The summed E-state index contributed by atoms with van der Waals surface area (Å²) in [6.07, 6.45) is -0.0397. The van der Waals surface area contributed by atoms with Crippen LogP contribution in [-0.4, -0.2) is 30.9 Å². The Kier molecular flexibility index (Phi) is 7.02. The number of hydrogen-bond donors (Lipinski definition) is 1. The molecule has 0 amide bonds. The zero-order valence-corrected chi connectivity index (χ0v) is 13.1. The molecule has 0 bridgehead atoms. The highest BCUT2D eigenvalue weighted by Gasteiger charge is 2.23. The van der Waals surface area contributed by atoms with Gasteiger partial charge in [-0.05, 0) is 32.4 Å². The standard InChI is InChI=1S/C16H24O5/c1-5-7-14(16(18)20-6-2)21-15-10-12(19-4)8-9-13(15)11(3)17/h8-11,14,17H,5-7H2,1-4H3/t11-,14?/m1/s1. The molecular weight excluding hydrogens is 272 g/mol. The molecule has 0 aliphatic carbocycles. The van der Waals surface area contributed by atoms with Crippen LogP contribution in [0.1, 0.15) is 45.3 Å². The molecule has 0 fully saturated rings. The third-order valence-electron chi connectivity index (χ3n) is 3.04. The number of carbonyl (C=O) groups excluding carboxylic acids is 1. The molecule has 1 aromatic carbocycles. The van der Waals surface area contributed by atoms with Gasteiger partial charge in [0.25, 0.3) is 0 Å². The molecule has 0 heterocycles. The van der Waals surface area contributed by atoms with Gasteiger partial charge in [-0.15, -0.1) is 0 Å². The van der Waals surface area contributed by atoms with Crippen molar-refractivity contribution in [2.75, 3.05) is 13.7 Å². The average molecular weight is 296 g/mol. The first kappa shape index (κ1) is 17.3. The van der Waals surface area contributed by atoms with E-state index in [1.165, 1.54) is 0 Å². The molecule has 1 N–H and O–H groups in total. The number of aliphatic hydroxyl groups is 1. The minimum Gasteiger partial charge on any atom is -0.497 e. The molecule has 0 aliphatic heterocycles. The van der Waals surface area contributed by atoms with Gasteiger partial charge in [0, 0.05) is 11.6 Å². The van der Waals surface area contributed by atoms with Crippen LogP contribution in [0.4, 0.5) is 0 Å². The summed E-state index contributed by atoms with van der Waals surface area (Å²) < 4.78 is 16.0. The van der Waals surface area contributed by atoms with Crippen molar-refractivity contribution < 1.29 is 24.1 Å². The third kappa shape index (κ3) is 4.93. The van der Waals surface area contributed by atoms with E-state index < -0.39 is 18.2 Å². The molecule has 0 saturated heterocycles. The molecule has 0 aliphatic rings. The fraction of sp³-hybridized carbons (Fsp3) is 0.562. The van der Waals surface area contributed by atoms with Gasteiger partial charge in [0.1, 0.15) is 11.5 Å². The van der Waals surface area contributed by atoms with Crippen molar-refractivity contribution in [1.29, 1.82) is 0 Å². The number of rotatable bonds is 8. The number of hydrogen-bond acceptors (Lipinski definition) is 5. The van der Waals surface area contributed by atoms with E-state index in [9.17, 15) is 9.90 Å². The predicted octanol–water partition coefficient (Wildman–Crippen LogP) is 2.86. The van der Waals surface area contributed by atoms with Crippen LogP contribution in [0.3, 0.4) is 0 Å². The lowest BCUT2D eigenvalue weighted by Gasteiger charge is -2.20. The van der Waals surface area contributed by atoms with Gasteiger partial charge < -0.3 is 19.3 Å². The van der Waals surface area contributed by atoms with Gasteiger partial charge in [-0.1, -0.05) is 13.3 Å². The molecule has 0 spiro atoms. The Morgan fingerprint density at radius 2 is 2.05 bits per heavy atom. The summed E-state index contributed by atoms with van der Waals surface area (Å²) >= 11 is 0. The van der Waals surface area contributed by atoms with E-state index in [0.717, 1.165) is 6.42 Å². The van der Waals surface area contributed by atoms with Crippen molar-refractivity contribution in [3.8, 4) is 11.5 Å². The van der Waals surface area contributed by atoms with Gasteiger partial charge in [0.15, 0.2) is 6.10 Å². The van der Waals surface area contributed by atoms with Crippen LogP contribution in [0.25, 0.3) is 0 Å². The lowest BCUT2D eigenvalue weighted by molar-refractivity contribution is -0.151. The van der Waals surface area contributed by atoms with Crippen molar-refractivity contribution >= 4 is 5.97 Å². The SMILES string of the molecule is CCCC(Oc1cc(OC)ccc1[C@@H](C)O)C(=O)OCC. The average Bonchev–Trinajstić information content (AvgIpc) is 2.46. The van der Waals surface area contributed by atoms with Crippen LogP contribution < -0.4 is 9.47 Å². The highest BCUT2D eigenvalue weighted by Crippen LogP contribution is 2.31. The van der Waals surface area contributed by atoms with Crippen molar-refractivity contribution in [2.45, 2.75) is 45.8 Å². The molecule has 5 heteroatoms. The maximum absolute atomic E-state index is 11.9. The van der Waals surface area contributed by atoms with Gasteiger partial charge >= 0.3 is 5.97 Å². The monoisotopic (exact) mass is 296 g/mol. The van der Waals surface area contributed by atoms with Crippen LogP contribution in [0.15, 0.2) is 18.2 Å². The predicted molar refractivity (Wildman–Crippen MR) is 79.6 cm³/mol. The Labute approximate surface area is 125 Å². The molecule has 21 heavy (non-hydrogen) atoms. The minimum atomic E-state index is -0.699. The summed E-state index contributed by atoms with van der Waals surface area (Å²) in [7, 11) is 1.55. The van der Waals surface area contributed by atoms with Crippen molar-refractivity contribution in [2.24, 2.45) is 0 Å². The van der Waals surface area contributed by atoms with Gasteiger partial charge in [0.05, 0.1) is 19.8 Å². The Balaban J connectivity index is 3.02. The van der Waals surface area contributed by atoms with E-state index >= 15 is 0 Å². The van der Waals surface area contributed by atoms with Gasteiger partial charge in [-0.3, -0.25) is 0 Å². The van der Waals surface area contributed by atoms with E-state index in [2.05, 4.69) is 0 Å². The van der Waals surface area contributed by atoms with Crippen LogP contribution >= 0.6 is 0 Å². The molecule has 118 valence electrons. The Hall–Kier alpha value is -1.75. The summed E-state index contributed by atoms with van der Waals surface area (Å²) in [6, 6.07) is 5.14. The quantitative estimate of drug-likeness (QED) is 0.747. The highest BCUT2D eigenvalue weighted by atomic mass is 16.6. The second-order valence-corrected chi connectivity index (χ2v) is 4.73. The molecular formula is C16H24O5. The van der Waals surface area contributed by atoms with E-state index in [-0.39, 0.29) is 0 Å². The molecule has 0 saturated carbocycles. The number of ether oxygens (including phenoxy) is 3. The largest absolute Gasteiger partial charge is 0.497 e. The molecule has 1 aromatic rings. The first-order chi connectivity index (χ1) is 10.0. The fourth-order valence-corrected chi connectivity index (χ4v) is 1.96. The zero-order valence-electron chi connectivity index (χ0n) is 13.1. The molecule has 1 unspecified atom stereocenters. The molecule has 0 aromatic heterocycles. The molecule has 2 atom stereocenters. The zero-order chi connectivity index (χ0) is 15.8. The number of aliphatic hydroxyl groups excluding tert-OH is 1. The molecule has 5 nitrogen and oxygen atoms in total. The number of esters is 1. The number of methoxy groups -OCH3 is 1. The van der Waals surface area contributed by atoms with Crippen molar-refractivity contribution in [3.05, 3.63) is 23.8 Å². The van der Waals surface area contributed by atoms with Gasteiger partial charge in [-0.25, -0.2) is 4.79 Å². The van der Waals surface area contributed by atoms with Crippen molar-refractivity contribution in [3.63, 3.8) is 0 Å². The summed E-state index contributed by atoms with van der Waals surface area (Å²) in [5.41, 5.74) is 0.612. The van der Waals surface area contributed by atoms with E-state index in [4.69, 9.17) is 14.2 Å². The van der Waals surface area contributed by atoms with E-state index in [0.29, 0.717) is 30.1 Å². The van der Waals surface area contributed by atoms with Crippen LogP contribution in [0, 0.1) is 0 Å². The Bertz CT molecular complexity index is 456. The second-order valence-electron chi connectivity index (χ2n) is 4.73. The van der Waals surface area contributed by atoms with Gasteiger partial charge in [0.2, 0.25) is 0 Å². The van der Waals surface area contributed by atoms with Gasteiger partial charge in [-0.2, -0.15) is 0 Å². The highest BCUT2D eigenvalue weighted by molar-refractivity contribution is 5.75. The summed E-state index contributed by atoms with van der Waals surface area (Å²) in [4.78, 5) is 11.9. The Morgan fingerprint density at radius 3 is 2.57 bits per heavy atom. The fourth-order valence-electron chi connectivity index (χ4n) is 1.96. The maximum Gasteiger partial charge on any atom is 0.347 e. The van der Waals surface area contributed by atoms with E-state index in [1.54, 1.807) is 39.2 Å². The number of benzene rings is 1. The first-order valence-corrected chi connectivity index (χ1v) is 7.22. The summed E-state index contributed by atoms with van der Waals surface area (Å²) in [5, 5.41) is 9.82. The topological polar surface area (TPSA) is 65.0 Å². The molecule has 0 radical (unpaired) electrons. The lowest BCUT2D eigenvalue weighted by Crippen LogP contribution is -2.29. The molecule has 1 rings (SSSR count). The normalized spacial score (nSPS) is 13.4. The van der Waals surface area contributed by atoms with E-state index in [1.807, 2.05) is 6.92 Å². The summed E-state index contributed by atoms with van der Waals surface area (Å²) in [6.45, 7) is 5.68. The maximum atomic E-state index is 11.9. The van der Waals surface area contributed by atoms with Crippen LogP contribution in [-0.2, 0) is 9.53 Å².